The van der Waals surface area contributed by atoms with E-state index in [0.29, 0.717) is 0 Å². The fourth-order valence-electron chi connectivity index (χ4n) is 2.11. The van der Waals surface area contributed by atoms with E-state index in [1.54, 1.807) is 0 Å². The molecule has 2 heteroatoms. The van der Waals surface area contributed by atoms with Crippen LogP contribution < -0.4 is 0 Å². The van der Waals surface area contributed by atoms with Gasteiger partial charge < -0.3 is 0 Å². The van der Waals surface area contributed by atoms with Crippen molar-refractivity contribution in [1.82, 2.24) is 4.98 Å². The molecule has 18 heavy (non-hydrogen) atoms. The van der Waals surface area contributed by atoms with Gasteiger partial charge in [0.2, 0.25) is 0 Å². The number of hydrogen-bond acceptors (Lipinski definition) is 1. The predicted molar refractivity (Wildman–Crippen MR) is 76.9 cm³/mol. The molecule has 0 N–H and O–H groups in total. The van der Waals surface area contributed by atoms with Crippen LogP contribution in [0.3, 0.4) is 0 Å². The van der Waals surface area contributed by atoms with Crippen molar-refractivity contribution < 1.29 is 0 Å². The molecule has 0 bridgehead atoms. The van der Waals surface area contributed by atoms with E-state index in [1.165, 1.54) is 16.7 Å². The number of nitrogens with zero attached hydrogens (tertiary/aromatic N) is 1. The lowest BCUT2D eigenvalue weighted by molar-refractivity contribution is 1.41. The second kappa shape index (κ2) is 4.43. The second-order valence-electron chi connectivity index (χ2n) is 4.39. The number of benzene rings is 2. The van der Waals surface area contributed by atoms with Crippen LogP contribution in [0.1, 0.15) is 5.56 Å². The summed E-state index contributed by atoms with van der Waals surface area (Å²) in [5, 5.41) is 1.85. The van der Waals surface area contributed by atoms with Crippen LogP contribution in [0.25, 0.3) is 22.0 Å². The molecule has 0 aliphatic heterocycles. The molecular weight excluding hydrogens is 242 g/mol. The van der Waals surface area contributed by atoms with Crippen LogP contribution in [-0.4, -0.2) is 4.98 Å². The molecule has 1 heterocycles. The van der Waals surface area contributed by atoms with E-state index >= 15 is 0 Å². The zero-order valence-corrected chi connectivity index (χ0v) is 10.8. The molecule has 1 nitrogen and oxygen atoms in total. The van der Waals surface area contributed by atoms with Crippen molar-refractivity contribution in [2.75, 3.05) is 0 Å². The molecule has 3 rings (SSSR count). The summed E-state index contributed by atoms with van der Waals surface area (Å²) >= 11 is 6.00. The standard InChI is InChI=1S/C16H12ClN/c1-11-2-4-12(5-3-11)14-8-9-18-16-10-13(17)6-7-15(14)16/h2-10H,1H3. The quantitative estimate of drug-likeness (QED) is 0.603. The van der Waals surface area contributed by atoms with Crippen LogP contribution in [-0.2, 0) is 0 Å². The van der Waals surface area contributed by atoms with Gasteiger partial charge in [0.25, 0.3) is 0 Å². The molecule has 3 aromatic rings. The summed E-state index contributed by atoms with van der Waals surface area (Å²) in [5.74, 6) is 0. The van der Waals surface area contributed by atoms with Gasteiger partial charge >= 0.3 is 0 Å². The molecule has 1 aromatic heterocycles. The molecule has 2 aromatic carbocycles. The maximum Gasteiger partial charge on any atom is 0.0723 e. The van der Waals surface area contributed by atoms with E-state index in [1.807, 2.05) is 30.5 Å². The van der Waals surface area contributed by atoms with E-state index < -0.39 is 0 Å². The van der Waals surface area contributed by atoms with E-state index in [2.05, 4.69) is 36.2 Å². The third kappa shape index (κ3) is 1.98. The summed E-state index contributed by atoms with van der Waals surface area (Å²) in [6, 6.07) is 16.4. The molecule has 0 atom stereocenters. The lowest BCUT2D eigenvalue weighted by Gasteiger charge is -2.07. The van der Waals surface area contributed by atoms with Gasteiger partial charge in [0, 0.05) is 16.6 Å². The maximum atomic E-state index is 6.00. The van der Waals surface area contributed by atoms with E-state index in [-0.39, 0.29) is 0 Å². The first-order chi connectivity index (χ1) is 8.74. The average Bonchev–Trinajstić information content (AvgIpc) is 2.38. The van der Waals surface area contributed by atoms with Crippen molar-refractivity contribution in [3.05, 3.63) is 65.3 Å². The summed E-state index contributed by atoms with van der Waals surface area (Å²) in [4.78, 5) is 4.36. The lowest BCUT2D eigenvalue weighted by atomic mass is 10.0. The summed E-state index contributed by atoms with van der Waals surface area (Å²) in [5.41, 5.74) is 4.59. The van der Waals surface area contributed by atoms with Gasteiger partial charge in [-0.25, -0.2) is 0 Å². The minimum Gasteiger partial charge on any atom is -0.256 e. The SMILES string of the molecule is Cc1ccc(-c2ccnc3cc(Cl)ccc23)cc1. The molecule has 0 fully saturated rings. The van der Waals surface area contributed by atoms with Crippen LogP contribution in [0, 0.1) is 6.92 Å². The molecule has 0 saturated carbocycles. The molecular formula is C16H12ClN. The fourth-order valence-corrected chi connectivity index (χ4v) is 2.27. The van der Waals surface area contributed by atoms with Crippen molar-refractivity contribution in [2.45, 2.75) is 6.92 Å². The summed E-state index contributed by atoms with van der Waals surface area (Å²) < 4.78 is 0. The molecule has 0 spiro atoms. The van der Waals surface area contributed by atoms with Crippen LogP contribution in [0.2, 0.25) is 5.02 Å². The van der Waals surface area contributed by atoms with Gasteiger partial charge in [-0.3, -0.25) is 4.98 Å². The predicted octanol–water partition coefficient (Wildman–Crippen LogP) is 4.86. The summed E-state index contributed by atoms with van der Waals surface area (Å²) in [7, 11) is 0. The lowest BCUT2D eigenvalue weighted by Crippen LogP contribution is -1.84. The average molecular weight is 254 g/mol. The molecule has 0 unspecified atom stereocenters. The minimum absolute atomic E-state index is 0.719. The summed E-state index contributed by atoms with van der Waals surface area (Å²) in [6.07, 6.45) is 1.83. The molecule has 0 radical (unpaired) electrons. The van der Waals surface area contributed by atoms with Gasteiger partial charge in [0.1, 0.15) is 0 Å². The van der Waals surface area contributed by atoms with Crippen LogP contribution in [0.4, 0.5) is 0 Å². The number of rotatable bonds is 1. The first kappa shape index (κ1) is 11.2. The Hall–Kier alpha value is -1.86. The highest BCUT2D eigenvalue weighted by atomic mass is 35.5. The molecule has 0 aliphatic rings. The number of halogens is 1. The Labute approximate surface area is 111 Å². The van der Waals surface area contributed by atoms with Crippen LogP contribution in [0.15, 0.2) is 54.7 Å². The molecule has 88 valence electrons. The van der Waals surface area contributed by atoms with Gasteiger partial charge in [-0.05, 0) is 36.2 Å². The van der Waals surface area contributed by atoms with Crippen LogP contribution in [0.5, 0.6) is 0 Å². The second-order valence-corrected chi connectivity index (χ2v) is 4.82. The Morgan fingerprint density at radius 1 is 0.944 bits per heavy atom. The number of pyridine rings is 1. The van der Waals surface area contributed by atoms with Crippen molar-refractivity contribution in [3.8, 4) is 11.1 Å². The highest BCUT2D eigenvalue weighted by molar-refractivity contribution is 6.31. The largest absolute Gasteiger partial charge is 0.256 e. The molecule has 0 aliphatic carbocycles. The van der Waals surface area contributed by atoms with Crippen LogP contribution >= 0.6 is 11.6 Å². The Balaban J connectivity index is 2.26. The number of fused-ring (bicyclic) bond motifs is 1. The third-order valence-corrected chi connectivity index (χ3v) is 3.30. The highest BCUT2D eigenvalue weighted by Gasteiger charge is 2.04. The zero-order chi connectivity index (χ0) is 12.5. The van der Waals surface area contributed by atoms with Crippen molar-refractivity contribution in [2.24, 2.45) is 0 Å². The van der Waals surface area contributed by atoms with E-state index in [4.69, 9.17) is 11.6 Å². The van der Waals surface area contributed by atoms with Crippen molar-refractivity contribution in [3.63, 3.8) is 0 Å². The van der Waals surface area contributed by atoms with E-state index in [9.17, 15) is 0 Å². The highest BCUT2D eigenvalue weighted by Crippen LogP contribution is 2.28. The smallest absolute Gasteiger partial charge is 0.0723 e. The van der Waals surface area contributed by atoms with Crippen molar-refractivity contribution in [1.29, 1.82) is 0 Å². The number of aromatic nitrogens is 1. The van der Waals surface area contributed by atoms with Crippen molar-refractivity contribution >= 4 is 22.5 Å². The topological polar surface area (TPSA) is 12.9 Å². The monoisotopic (exact) mass is 253 g/mol. The maximum absolute atomic E-state index is 6.00. The zero-order valence-electron chi connectivity index (χ0n) is 10.0. The Bertz CT molecular complexity index is 702. The van der Waals surface area contributed by atoms with Gasteiger partial charge in [-0.2, -0.15) is 0 Å². The normalized spacial score (nSPS) is 10.8. The van der Waals surface area contributed by atoms with Gasteiger partial charge in [0.05, 0.1) is 5.52 Å². The third-order valence-electron chi connectivity index (χ3n) is 3.07. The first-order valence-electron chi connectivity index (χ1n) is 5.85. The number of aryl methyl sites for hydroxylation is 1. The molecule has 0 saturated heterocycles. The van der Waals surface area contributed by atoms with E-state index in [0.717, 1.165) is 15.9 Å². The van der Waals surface area contributed by atoms with Gasteiger partial charge in [-0.15, -0.1) is 0 Å². The fraction of sp³-hybridized carbons (Fsp3) is 0.0625. The Morgan fingerprint density at radius 2 is 1.72 bits per heavy atom. The Kier molecular flexibility index (Phi) is 2.77. The summed E-state index contributed by atoms with van der Waals surface area (Å²) in [6.45, 7) is 2.09. The van der Waals surface area contributed by atoms with Gasteiger partial charge in [0.15, 0.2) is 0 Å². The minimum atomic E-state index is 0.719. The Morgan fingerprint density at radius 3 is 2.50 bits per heavy atom. The van der Waals surface area contributed by atoms with Gasteiger partial charge in [-0.1, -0.05) is 47.5 Å². The first-order valence-corrected chi connectivity index (χ1v) is 6.23. The molecule has 0 amide bonds. The number of hydrogen-bond donors (Lipinski definition) is 0.